The van der Waals surface area contributed by atoms with Crippen LogP contribution < -0.4 is 14.8 Å². The van der Waals surface area contributed by atoms with Crippen LogP contribution in [0.1, 0.15) is 5.56 Å². The smallest absolute Gasteiger partial charge is 0.271 e. The zero-order chi connectivity index (χ0) is 22.2. The van der Waals surface area contributed by atoms with Crippen molar-refractivity contribution in [2.75, 3.05) is 12.4 Å². The third-order valence-corrected chi connectivity index (χ3v) is 4.16. The molecule has 0 saturated heterocycles. The van der Waals surface area contributed by atoms with Crippen LogP contribution in [0, 0.1) is 21.4 Å². The largest absolute Gasteiger partial charge is 0.495 e. The Bertz CT molecular complexity index is 1180. The van der Waals surface area contributed by atoms with Crippen LogP contribution in [-0.2, 0) is 4.79 Å². The summed E-state index contributed by atoms with van der Waals surface area (Å²) in [5.74, 6) is 0.697. The molecule has 0 spiro atoms. The van der Waals surface area contributed by atoms with Crippen molar-refractivity contribution in [2.45, 2.75) is 0 Å². The molecule has 0 aliphatic carbocycles. The SMILES string of the molecule is COc1ccc([N+](=O)[O-])cc1NC(=O)/C(C#N)=C/c1cccc(Oc2ccccc2)c1. The number of rotatable bonds is 7. The molecular formula is C23H17N3O5. The topological polar surface area (TPSA) is 114 Å². The summed E-state index contributed by atoms with van der Waals surface area (Å²) in [6.07, 6.45) is 1.40. The second-order valence-electron chi connectivity index (χ2n) is 6.25. The number of methoxy groups -OCH3 is 1. The maximum Gasteiger partial charge on any atom is 0.271 e. The summed E-state index contributed by atoms with van der Waals surface area (Å²) in [4.78, 5) is 23.0. The first-order valence-electron chi connectivity index (χ1n) is 9.08. The highest BCUT2D eigenvalue weighted by Crippen LogP contribution is 2.29. The van der Waals surface area contributed by atoms with Gasteiger partial charge in [0, 0.05) is 12.1 Å². The van der Waals surface area contributed by atoms with Crippen molar-refractivity contribution < 1.29 is 19.2 Å². The molecule has 8 heteroatoms. The predicted molar refractivity (Wildman–Crippen MR) is 115 cm³/mol. The number of hydrogen-bond donors (Lipinski definition) is 1. The highest BCUT2D eigenvalue weighted by molar-refractivity contribution is 6.10. The summed E-state index contributed by atoms with van der Waals surface area (Å²) < 4.78 is 10.9. The van der Waals surface area contributed by atoms with E-state index in [2.05, 4.69) is 5.32 Å². The molecule has 0 saturated carbocycles. The van der Waals surface area contributed by atoms with E-state index in [1.165, 1.54) is 31.4 Å². The maximum atomic E-state index is 12.6. The molecule has 31 heavy (non-hydrogen) atoms. The highest BCUT2D eigenvalue weighted by atomic mass is 16.6. The van der Waals surface area contributed by atoms with Crippen molar-refractivity contribution in [3.8, 4) is 23.3 Å². The van der Waals surface area contributed by atoms with Crippen molar-refractivity contribution in [2.24, 2.45) is 0 Å². The van der Waals surface area contributed by atoms with Gasteiger partial charge in [-0.2, -0.15) is 5.26 Å². The molecule has 0 heterocycles. The number of nitriles is 1. The molecule has 3 aromatic carbocycles. The zero-order valence-electron chi connectivity index (χ0n) is 16.4. The van der Waals surface area contributed by atoms with Gasteiger partial charge in [-0.15, -0.1) is 0 Å². The predicted octanol–water partition coefficient (Wildman–Crippen LogP) is 4.94. The normalized spacial score (nSPS) is 10.6. The molecule has 0 aromatic heterocycles. The Balaban J connectivity index is 1.83. The lowest BCUT2D eigenvalue weighted by Gasteiger charge is -2.10. The summed E-state index contributed by atoms with van der Waals surface area (Å²) in [5, 5.41) is 23.0. The maximum absolute atomic E-state index is 12.6. The molecule has 154 valence electrons. The number of non-ortho nitro benzene ring substituents is 1. The Morgan fingerprint density at radius 3 is 2.48 bits per heavy atom. The standard InChI is InChI=1S/C23H17N3O5/c1-30-22-11-10-18(26(28)29)14-21(22)25-23(27)17(15-24)12-16-6-5-9-20(13-16)31-19-7-3-2-4-8-19/h2-14H,1H3,(H,25,27)/b17-12+. The van der Waals surface area contributed by atoms with Crippen LogP contribution >= 0.6 is 0 Å². The first-order chi connectivity index (χ1) is 15.0. The van der Waals surface area contributed by atoms with Crippen molar-refractivity contribution in [1.82, 2.24) is 0 Å². The third kappa shape index (κ3) is 5.46. The number of benzene rings is 3. The van der Waals surface area contributed by atoms with Crippen LogP contribution in [0.2, 0.25) is 0 Å². The number of anilines is 1. The van der Waals surface area contributed by atoms with Gasteiger partial charge < -0.3 is 14.8 Å². The molecule has 0 atom stereocenters. The average Bonchev–Trinajstić information content (AvgIpc) is 2.78. The summed E-state index contributed by atoms with van der Waals surface area (Å²) >= 11 is 0. The Kier molecular flexibility index (Phi) is 6.60. The summed E-state index contributed by atoms with van der Waals surface area (Å²) in [7, 11) is 1.37. The van der Waals surface area contributed by atoms with Crippen LogP contribution in [0.25, 0.3) is 6.08 Å². The van der Waals surface area contributed by atoms with E-state index < -0.39 is 10.8 Å². The Morgan fingerprint density at radius 1 is 1.06 bits per heavy atom. The zero-order valence-corrected chi connectivity index (χ0v) is 16.4. The van der Waals surface area contributed by atoms with Crippen molar-refractivity contribution in [3.63, 3.8) is 0 Å². The number of hydrogen-bond acceptors (Lipinski definition) is 6. The average molecular weight is 415 g/mol. The van der Waals surface area contributed by atoms with Gasteiger partial charge >= 0.3 is 0 Å². The second kappa shape index (κ2) is 9.71. The van der Waals surface area contributed by atoms with E-state index in [0.29, 0.717) is 17.1 Å². The van der Waals surface area contributed by atoms with E-state index in [1.54, 1.807) is 24.3 Å². The molecule has 0 unspecified atom stereocenters. The lowest BCUT2D eigenvalue weighted by atomic mass is 10.1. The van der Waals surface area contributed by atoms with E-state index in [-0.39, 0.29) is 22.7 Å². The number of nitrogens with zero attached hydrogens (tertiary/aromatic N) is 2. The van der Waals surface area contributed by atoms with E-state index in [4.69, 9.17) is 9.47 Å². The van der Waals surface area contributed by atoms with Gasteiger partial charge in [0.1, 0.15) is 28.9 Å². The summed E-state index contributed by atoms with van der Waals surface area (Å²) in [6, 6.07) is 21.7. The van der Waals surface area contributed by atoms with Crippen LogP contribution in [-0.4, -0.2) is 17.9 Å². The van der Waals surface area contributed by atoms with E-state index in [9.17, 15) is 20.2 Å². The summed E-state index contributed by atoms with van der Waals surface area (Å²) in [5.41, 5.74) is 0.255. The van der Waals surface area contributed by atoms with Gasteiger partial charge in [-0.05, 0) is 42.0 Å². The number of ether oxygens (including phenoxy) is 2. The van der Waals surface area contributed by atoms with Gasteiger partial charge in [0.2, 0.25) is 0 Å². The van der Waals surface area contributed by atoms with E-state index in [1.807, 2.05) is 36.4 Å². The highest BCUT2D eigenvalue weighted by Gasteiger charge is 2.16. The van der Waals surface area contributed by atoms with Crippen LogP contribution in [0.4, 0.5) is 11.4 Å². The first-order valence-corrected chi connectivity index (χ1v) is 9.08. The minimum Gasteiger partial charge on any atom is -0.495 e. The third-order valence-electron chi connectivity index (χ3n) is 4.16. The van der Waals surface area contributed by atoms with Crippen molar-refractivity contribution in [1.29, 1.82) is 5.26 Å². The number of carbonyl (C=O) groups is 1. The van der Waals surface area contributed by atoms with Gasteiger partial charge in [-0.25, -0.2) is 0 Å². The Hall–Kier alpha value is -4.64. The van der Waals surface area contributed by atoms with Gasteiger partial charge in [-0.3, -0.25) is 14.9 Å². The number of amides is 1. The fourth-order valence-electron chi connectivity index (χ4n) is 2.70. The van der Waals surface area contributed by atoms with Gasteiger partial charge in [-0.1, -0.05) is 30.3 Å². The van der Waals surface area contributed by atoms with Gasteiger partial charge in [0.15, 0.2) is 0 Å². The molecule has 8 nitrogen and oxygen atoms in total. The van der Waals surface area contributed by atoms with Crippen LogP contribution in [0.5, 0.6) is 17.2 Å². The molecule has 0 radical (unpaired) electrons. The van der Waals surface area contributed by atoms with Gasteiger partial charge in [0.05, 0.1) is 17.7 Å². The monoisotopic (exact) mass is 415 g/mol. The quantitative estimate of drug-likeness (QED) is 0.253. The fourth-order valence-corrected chi connectivity index (χ4v) is 2.70. The number of carbonyl (C=O) groups excluding carboxylic acids is 1. The Morgan fingerprint density at radius 2 is 1.81 bits per heavy atom. The summed E-state index contributed by atoms with van der Waals surface area (Å²) in [6.45, 7) is 0. The molecule has 0 fully saturated rings. The minimum atomic E-state index is -0.726. The first kappa shape index (κ1) is 21.1. The van der Waals surface area contributed by atoms with E-state index >= 15 is 0 Å². The lowest BCUT2D eigenvalue weighted by molar-refractivity contribution is -0.384. The molecular weight excluding hydrogens is 398 g/mol. The number of nitro groups is 1. The second-order valence-corrected chi connectivity index (χ2v) is 6.25. The van der Waals surface area contributed by atoms with Gasteiger partial charge in [0.25, 0.3) is 11.6 Å². The minimum absolute atomic E-state index is 0.0870. The number of para-hydroxylation sites is 1. The fraction of sp³-hybridized carbons (Fsp3) is 0.0435. The van der Waals surface area contributed by atoms with E-state index in [0.717, 1.165) is 0 Å². The molecule has 3 rings (SSSR count). The number of nitrogens with one attached hydrogen (secondary N) is 1. The molecule has 0 aliphatic heterocycles. The molecule has 0 aliphatic rings. The molecule has 3 aromatic rings. The van der Waals surface area contributed by atoms with Crippen LogP contribution in [0.3, 0.4) is 0 Å². The van der Waals surface area contributed by atoms with Crippen molar-refractivity contribution in [3.05, 3.63) is 94.0 Å². The molecule has 1 amide bonds. The molecule has 0 bridgehead atoms. The Labute approximate surface area is 178 Å². The molecule has 1 N–H and O–H groups in total. The van der Waals surface area contributed by atoms with Crippen LogP contribution in [0.15, 0.2) is 78.4 Å². The number of nitro benzene ring substituents is 1. The lowest BCUT2D eigenvalue weighted by Crippen LogP contribution is -2.14. The van der Waals surface area contributed by atoms with Crippen molar-refractivity contribution >= 4 is 23.4 Å².